The van der Waals surface area contributed by atoms with E-state index < -0.39 is 23.5 Å². The number of ether oxygens (including phenoxy) is 1. The summed E-state index contributed by atoms with van der Waals surface area (Å²) in [6, 6.07) is 9.44. The standard InChI is InChI=1S/C15H11ClF2O2/c1-9(20-14-5-3-2-4-12(14)16)15(19)11-7-6-10(17)8-13(11)18/h2-9H,1H3. The maximum Gasteiger partial charge on any atom is 0.205 e. The van der Waals surface area contributed by atoms with Gasteiger partial charge in [-0.3, -0.25) is 4.79 Å². The summed E-state index contributed by atoms with van der Waals surface area (Å²) in [7, 11) is 0. The van der Waals surface area contributed by atoms with Crippen LogP contribution in [-0.2, 0) is 0 Å². The van der Waals surface area contributed by atoms with Gasteiger partial charge in [-0.2, -0.15) is 0 Å². The van der Waals surface area contributed by atoms with Gasteiger partial charge in [0.25, 0.3) is 0 Å². The van der Waals surface area contributed by atoms with Crippen LogP contribution in [0, 0.1) is 11.6 Å². The van der Waals surface area contributed by atoms with E-state index in [4.69, 9.17) is 16.3 Å². The summed E-state index contributed by atoms with van der Waals surface area (Å²) in [5.74, 6) is -1.90. The molecule has 0 heterocycles. The minimum Gasteiger partial charge on any atom is -0.481 e. The third-order valence-electron chi connectivity index (χ3n) is 2.71. The van der Waals surface area contributed by atoms with Gasteiger partial charge >= 0.3 is 0 Å². The van der Waals surface area contributed by atoms with Crippen molar-refractivity contribution >= 4 is 17.4 Å². The molecule has 2 rings (SSSR count). The normalized spacial score (nSPS) is 12.0. The van der Waals surface area contributed by atoms with Crippen molar-refractivity contribution in [3.63, 3.8) is 0 Å². The zero-order valence-corrected chi connectivity index (χ0v) is 11.3. The Labute approximate surface area is 119 Å². The van der Waals surface area contributed by atoms with Crippen LogP contribution in [0.1, 0.15) is 17.3 Å². The Morgan fingerprint density at radius 3 is 2.55 bits per heavy atom. The molecule has 5 heteroatoms. The van der Waals surface area contributed by atoms with Gasteiger partial charge in [0, 0.05) is 6.07 Å². The SMILES string of the molecule is CC(Oc1ccccc1Cl)C(=O)c1ccc(F)cc1F. The monoisotopic (exact) mass is 296 g/mol. The van der Waals surface area contributed by atoms with Crippen molar-refractivity contribution in [2.24, 2.45) is 0 Å². The van der Waals surface area contributed by atoms with Gasteiger partial charge in [-0.25, -0.2) is 8.78 Å². The van der Waals surface area contributed by atoms with Gasteiger partial charge in [-0.1, -0.05) is 23.7 Å². The molecule has 0 aliphatic heterocycles. The molecule has 2 aromatic rings. The van der Waals surface area contributed by atoms with Crippen LogP contribution in [-0.4, -0.2) is 11.9 Å². The summed E-state index contributed by atoms with van der Waals surface area (Å²) < 4.78 is 31.8. The molecule has 2 aromatic carbocycles. The average Bonchev–Trinajstić information content (AvgIpc) is 2.40. The van der Waals surface area contributed by atoms with Crippen LogP contribution in [0.2, 0.25) is 5.02 Å². The minimum atomic E-state index is -0.935. The lowest BCUT2D eigenvalue weighted by Crippen LogP contribution is -2.25. The molecule has 2 nitrogen and oxygen atoms in total. The number of hydrogen-bond acceptors (Lipinski definition) is 2. The third kappa shape index (κ3) is 3.14. The quantitative estimate of drug-likeness (QED) is 0.788. The van der Waals surface area contributed by atoms with Gasteiger partial charge in [0.15, 0.2) is 6.10 Å². The molecule has 0 saturated heterocycles. The Bertz CT molecular complexity index is 644. The topological polar surface area (TPSA) is 26.3 Å². The molecule has 0 radical (unpaired) electrons. The number of benzene rings is 2. The Balaban J connectivity index is 2.19. The van der Waals surface area contributed by atoms with Gasteiger partial charge in [0.2, 0.25) is 5.78 Å². The smallest absolute Gasteiger partial charge is 0.205 e. The Morgan fingerprint density at radius 1 is 1.20 bits per heavy atom. The zero-order chi connectivity index (χ0) is 14.7. The van der Waals surface area contributed by atoms with Crippen LogP contribution in [0.4, 0.5) is 8.78 Å². The van der Waals surface area contributed by atoms with Crippen LogP contribution in [0.15, 0.2) is 42.5 Å². The van der Waals surface area contributed by atoms with E-state index in [2.05, 4.69) is 0 Å². The van der Waals surface area contributed by atoms with Crippen LogP contribution in [0.3, 0.4) is 0 Å². The highest BCUT2D eigenvalue weighted by Gasteiger charge is 2.21. The van der Waals surface area contributed by atoms with Gasteiger partial charge in [0.1, 0.15) is 17.4 Å². The Morgan fingerprint density at radius 2 is 1.90 bits per heavy atom. The number of halogens is 3. The molecule has 104 valence electrons. The molecule has 0 amide bonds. The van der Waals surface area contributed by atoms with Crippen LogP contribution < -0.4 is 4.74 Å². The number of ketones is 1. The third-order valence-corrected chi connectivity index (χ3v) is 3.02. The summed E-state index contributed by atoms with van der Waals surface area (Å²) in [5, 5.41) is 0.353. The van der Waals surface area contributed by atoms with Crippen LogP contribution >= 0.6 is 11.6 Å². The van der Waals surface area contributed by atoms with Crippen molar-refractivity contribution < 1.29 is 18.3 Å². The van der Waals surface area contributed by atoms with Crippen molar-refractivity contribution in [3.8, 4) is 5.75 Å². The van der Waals surface area contributed by atoms with E-state index in [0.717, 1.165) is 12.1 Å². The van der Waals surface area contributed by atoms with E-state index in [-0.39, 0.29) is 5.56 Å². The van der Waals surface area contributed by atoms with Gasteiger partial charge in [-0.05, 0) is 31.2 Å². The molecular weight excluding hydrogens is 286 g/mol. The van der Waals surface area contributed by atoms with E-state index in [1.54, 1.807) is 24.3 Å². The zero-order valence-electron chi connectivity index (χ0n) is 10.6. The predicted molar refractivity (Wildman–Crippen MR) is 72.2 cm³/mol. The van der Waals surface area contributed by atoms with Crippen LogP contribution in [0.25, 0.3) is 0 Å². The lowest BCUT2D eigenvalue weighted by Gasteiger charge is -2.15. The van der Waals surface area contributed by atoms with E-state index in [9.17, 15) is 13.6 Å². The molecule has 0 fully saturated rings. The van der Waals surface area contributed by atoms with Crippen molar-refractivity contribution in [2.75, 3.05) is 0 Å². The molecule has 0 aliphatic rings. The fourth-order valence-electron chi connectivity index (χ4n) is 1.69. The first-order valence-electron chi connectivity index (χ1n) is 5.89. The molecule has 1 atom stereocenters. The first kappa shape index (κ1) is 14.5. The van der Waals surface area contributed by atoms with E-state index in [1.165, 1.54) is 6.92 Å². The van der Waals surface area contributed by atoms with E-state index >= 15 is 0 Å². The number of hydrogen-bond donors (Lipinski definition) is 0. The number of Topliss-reactive ketones (excluding diaryl/α,β-unsaturated/α-hetero) is 1. The lowest BCUT2D eigenvalue weighted by molar-refractivity contribution is 0.0814. The van der Waals surface area contributed by atoms with Crippen molar-refractivity contribution in [1.29, 1.82) is 0 Å². The minimum absolute atomic E-state index is 0.217. The maximum atomic E-state index is 13.5. The fraction of sp³-hybridized carbons (Fsp3) is 0.133. The second-order valence-electron chi connectivity index (χ2n) is 4.18. The lowest BCUT2D eigenvalue weighted by atomic mass is 10.1. The van der Waals surface area contributed by atoms with Gasteiger partial charge < -0.3 is 4.74 Å². The molecule has 0 saturated carbocycles. The van der Waals surface area contributed by atoms with E-state index in [1.807, 2.05) is 0 Å². The predicted octanol–water partition coefficient (Wildman–Crippen LogP) is 4.27. The molecule has 20 heavy (non-hydrogen) atoms. The summed E-state index contributed by atoms with van der Waals surface area (Å²) in [4.78, 5) is 12.1. The molecule has 0 spiro atoms. The second kappa shape index (κ2) is 6.01. The van der Waals surface area contributed by atoms with E-state index in [0.29, 0.717) is 16.8 Å². The fourth-order valence-corrected chi connectivity index (χ4v) is 1.87. The highest BCUT2D eigenvalue weighted by molar-refractivity contribution is 6.32. The summed E-state index contributed by atoms with van der Waals surface area (Å²) in [6.07, 6.45) is -0.935. The highest BCUT2D eigenvalue weighted by Crippen LogP contribution is 2.25. The first-order chi connectivity index (χ1) is 9.49. The number of carbonyl (C=O) groups is 1. The highest BCUT2D eigenvalue weighted by atomic mass is 35.5. The molecule has 0 N–H and O–H groups in total. The Kier molecular flexibility index (Phi) is 4.35. The summed E-state index contributed by atoms with van der Waals surface area (Å²) in [6.45, 7) is 1.48. The number of para-hydroxylation sites is 1. The summed E-state index contributed by atoms with van der Waals surface area (Å²) >= 11 is 5.91. The van der Waals surface area contributed by atoms with Crippen molar-refractivity contribution in [2.45, 2.75) is 13.0 Å². The van der Waals surface area contributed by atoms with Gasteiger partial charge in [0.05, 0.1) is 10.6 Å². The average molecular weight is 297 g/mol. The Hall–Kier alpha value is -1.94. The van der Waals surface area contributed by atoms with Gasteiger partial charge in [-0.15, -0.1) is 0 Å². The molecule has 0 aliphatic carbocycles. The van der Waals surface area contributed by atoms with Crippen molar-refractivity contribution in [3.05, 3.63) is 64.7 Å². The largest absolute Gasteiger partial charge is 0.481 e. The molecule has 1 unspecified atom stereocenters. The molecule has 0 aromatic heterocycles. The first-order valence-corrected chi connectivity index (χ1v) is 6.27. The van der Waals surface area contributed by atoms with Crippen LogP contribution in [0.5, 0.6) is 5.75 Å². The number of carbonyl (C=O) groups excluding carboxylic acids is 1. The van der Waals surface area contributed by atoms with Crippen molar-refractivity contribution in [1.82, 2.24) is 0 Å². The summed E-state index contributed by atoms with van der Waals surface area (Å²) in [5.41, 5.74) is -0.217. The molecular formula is C15H11ClF2O2. The maximum absolute atomic E-state index is 13.5. The second-order valence-corrected chi connectivity index (χ2v) is 4.59. The number of rotatable bonds is 4. The molecule has 0 bridgehead atoms.